The van der Waals surface area contributed by atoms with Gasteiger partial charge in [0.15, 0.2) is 5.75 Å². The number of fused-ring (bicyclic) bond motifs is 1. The van der Waals surface area contributed by atoms with E-state index in [1.165, 1.54) is 0 Å². The molecule has 0 unspecified atom stereocenters. The molecule has 0 bridgehead atoms. The molecular weight excluding hydrogens is 438 g/mol. The van der Waals surface area contributed by atoms with Crippen molar-refractivity contribution in [2.45, 2.75) is 9.79 Å². The van der Waals surface area contributed by atoms with Crippen LogP contribution in [-0.2, 0) is 20.2 Å². The molecule has 0 aliphatic heterocycles. The van der Waals surface area contributed by atoms with E-state index in [9.17, 15) is 31.6 Å². The molecule has 13 heteroatoms. The first-order valence-corrected chi connectivity index (χ1v) is 11.0. The van der Waals surface area contributed by atoms with Crippen molar-refractivity contribution in [2.24, 2.45) is 10.2 Å². The molecule has 0 saturated carbocycles. The van der Waals surface area contributed by atoms with Crippen molar-refractivity contribution < 1.29 is 36.2 Å². The quantitative estimate of drug-likeness (QED) is 0.285. The van der Waals surface area contributed by atoms with Gasteiger partial charge in [-0.2, -0.15) is 21.9 Å². The molecule has 0 amide bonds. The standard InChI is InChI=1S/C17H15N3O8S2/c1-18-10-2-4-11(5-3-10)19-20-16-14(30(26,27)28)7-9-6-12(29(23,24)25)8-13(21)15(9)17(16)22/h2-8,18,21-22H,1H3,(H,23,24,25)(H,26,27,28). The predicted molar refractivity (Wildman–Crippen MR) is 107 cm³/mol. The molecule has 11 nitrogen and oxygen atoms in total. The third-order valence-corrected chi connectivity index (χ3v) is 5.80. The van der Waals surface area contributed by atoms with Crippen molar-refractivity contribution in [2.75, 3.05) is 12.4 Å². The van der Waals surface area contributed by atoms with Gasteiger partial charge in [0, 0.05) is 18.8 Å². The lowest BCUT2D eigenvalue weighted by Crippen LogP contribution is -2.01. The summed E-state index contributed by atoms with van der Waals surface area (Å²) in [6.07, 6.45) is 0. The highest BCUT2D eigenvalue weighted by Gasteiger charge is 2.25. The smallest absolute Gasteiger partial charge is 0.296 e. The Bertz CT molecular complexity index is 1380. The number of azo groups is 1. The summed E-state index contributed by atoms with van der Waals surface area (Å²) in [6.45, 7) is 0. The van der Waals surface area contributed by atoms with Gasteiger partial charge in [-0.15, -0.1) is 5.11 Å². The van der Waals surface area contributed by atoms with Crippen molar-refractivity contribution in [3.05, 3.63) is 42.5 Å². The molecule has 0 aliphatic rings. The van der Waals surface area contributed by atoms with Gasteiger partial charge in [-0.1, -0.05) is 0 Å². The molecule has 3 aromatic carbocycles. The Balaban J connectivity index is 2.28. The third-order valence-electron chi connectivity index (χ3n) is 4.10. The summed E-state index contributed by atoms with van der Waals surface area (Å²) in [4.78, 5) is -1.62. The van der Waals surface area contributed by atoms with Crippen LogP contribution in [0, 0.1) is 0 Å². The zero-order valence-corrected chi connectivity index (χ0v) is 16.8. The molecule has 3 aromatic rings. The first kappa shape index (κ1) is 21.4. The van der Waals surface area contributed by atoms with Crippen molar-refractivity contribution >= 4 is 48.1 Å². The van der Waals surface area contributed by atoms with Crippen molar-refractivity contribution in [1.29, 1.82) is 0 Å². The predicted octanol–water partition coefficient (Wildman–Crippen LogP) is 3.20. The fourth-order valence-electron chi connectivity index (χ4n) is 2.68. The van der Waals surface area contributed by atoms with Crippen molar-refractivity contribution in [3.63, 3.8) is 0 Å². The second kappa shape index (κ2) is 7.53. The number of hydrogen-bond acceptors (Lipinski definition) is 9. The Morgan fingerprint density at radius 3 is 2.03 bits per heavy atom. The largest absolute Gasteiger partial charge is 0.507 e. The second-order valence-corrected chi connectivity index (χ2v) is 8.87. The van der Waals surface area contributed by atoms with Gasteiger partial charge in [-0.3, -0.25) is 9.11 Å². The maximum absolute atomic E-state index is 11.8. The van der Waals surface area contributed by atoms with Crippen molar-refractivity contribution in [3.8, 4) is 11.5 Å². The lowest BCUT2D eigenvalue weighted by molar-refractivity contribution is 0.457. The molecule has 0 saturated heterocycles. The molecule has 0 aromatic heterocycles. The number of phenolic OH excluding ortho intramolecular Hbond substituents is 2. The maximum atomic E-state index is 11.8. The third kappa shape index (κ3) is 4.18. The van der Waals surface area contributed by atoms with E-state index in [4.69, 9.17) is 4.55 Å². The van der Waals surface area contributed by atoms with Crippen LogP contribution < -0.4 is 5.32 Å². The van der Waals surface area contributed by atoms with E-state index < -0.39 is 47.2 Å². The Morgan fingerprint density at radius 2 is 1.50 bits per heavy atom. The first-order chi connectivity index (χ1) is 13.9. The lowest BCUT2D eigenvalue weighted by atomic mass is 10.1. The van der Waals surface area contributed by atoms with E-state index in [-0.39, 0.29) is 10.8 Å². The monoisotopic (exact) mass is 453 g/mol. The SMILES string of the molecule is CNc1ccc(N=Nc2c(S(=O)(=O)O)cc3cc(S(=O)(=O)O)cc(O)c3c2O)cc1. The number of nitrogens with one attached hydrogen (secondary N) is 1. The van der Waals surface area contributed by atoms with Gasteiger partial charge in [0.1, 0.15) is 16.3 Å². The highest BCUT2D eigenvalue weighted by molar-refractivity contribution is 7.86. The fourth-order valence-corrected chi connectivity index (χ4v) is 3.88. The summed E-state index contributed by atoms with van der Waals surface area (Å²) in [5.74, 6) is -1.63. The summed E-state index contributed by atoms with van der Waals surface area (Å²) >= 11 is 0. The van der Waals surface area contributed by atoms with Crippen LogP contribution in [0.3, 0.4) is 0 Å². The molecule has 0 heterocycles. The topological polar surface area (TPSA) is 186 Å². The van der Waals surface area contributed by atoms with Gasteiger partial charge in [0.25, 0.3) is 20.2 Å². The summed E-state index contributed by atoms with van der Waals surface area (Å²) in [5, 5.41) is 30.4. The highest BCUT2D eigenvalue weighted by Crippen LogP contribution is 2.45. The van der Waals surface area contributed by atoms with Crippen LogP contribution in [0.2, 0.25) is 0 Å². The van der Waals surface area contributed by atoms with Crippen molar-refractivity contribution in [1.82, 2.24) is 0 Å². The zero-order chi connectivity index (χ0) is 22.3. The average Bonchev–Trinajstić information content (AvgIpc) is 2.65. The van der Waals surface area contributed by atoms with Gasteiger partial charge in [0.2, 0.25) is 0 Å². The lowest BCUT2D eigenvalue weighted by Gasteiger charge is -2.11. The average molecular weight is 453 g/mol. The van der Waals surface area contributed by atoms with Crippen LogP contribution in [0.25, 0.3) is 10.8 Å². The summed E-state index contributed by atoms with van der Waals surface area (Å²) in [7, 11) is -7.97. The zero-order valence-electron chi connectivity index (χ0n) is 15.2. The Labute approximate surface area is 170 Å². The highest BCUT2D eigenvalue weighted by atomic mass is 32.2. The number of aromatic hydroxyl groups is 2. The fraction of sp³-hybridized carbons (Fsp3) is 0.0588. The van der Waals surface area contributed by atoms with E-state index in [0.717, 1.165) is 17.8 Å². The molecule has 0 fully saturated rings. The number of rotatable bonds is 5. The number of benzene rings is 3. The molecule has 30 heavy (non-hydrogen) atoms. The number of anilines is 1. The summed E-state index contributed by atoms with van der Waals surface area (Å²) < 4.78 is 65.0. The summed E-state index contributed by atoms with van der Waals surface area (Å²) in [6, 6.07) is 8.71. The summed E-state index contributed by atoms with van der Waals surface area (Å²) in [5.41, 5.74) is 0.402. The van der Waals surface area contributed by atoms with E-state index in [1.807, 2.05) is 0 Å². The molecule has 5 N–H and O–H groups in total. The maximum Gasteiger partial charge on any atom is 0.296 e. The van der Waals surface area contributed by atoms with Crippen LogP contribution in [0.5, 0.6) is 11.5 Å². The molecular formula is C17H15N3O8S2. The van der Waals surface area contributed by atoms with Crippen LogP contribution in [0.15, 0.2) is 62.5 Å². The second-order valence-electron chi connectivity index (χ2n) is 6.06. The minimum atomic E-state index is -4.94. The number of hydrogen-bond donors (Lipinski definition) is 5. The van der Waals surface area contributed by atoms with E-state index >= 15 is 0 Å². The van der Waals surface area contributed by atoms with Crippen LogP contribution in [0.4, 0.5) is 17.1 Å². The minimum absolute atomic E-state index is 0.287. The molecule has 158 valence electrons. The number of phenols is 2. The van der Waals surface area contributed by atoms with Gasteiger partial charge in [-0.25, -0.2) is 0 Å². The Kier molecular flexibility index (Phi) is 5.38. The Morgan fingerprint density at radius 1 is 0.867 bits per heavy atom. The first-order valence-electron chi connectivity index (χ1n) is 8.09. The van der Waals surface area contributed by atoms with Crippen LogP contribution >= 0.6 is 0 Å². The van der Waals surface area contributed by atoms with E-state index in [1.54, 1.807) is 31.3 Å². The van der Waals surface area contributed by atoms with Gasteiger partial charge in [-0.05, 0) is 41.8 Å². The molecule has 0 aliphatic carbocycles. The number of nitrogens with zero attached hydrogens (tertiary/aromatic N) is 2. The van der Waals surface area contributed by atoms with E-state index in [2.05, 4.69) is 15.5 Å². The molecule has 0 spiro atoms. The van der Waals surface area contributed by atoms with Gasteiger partial charge < -0.3 is 15.5 Å². The molecule has 0 radical (unpaired) electrons. The van der Waals surface area contributed by atoms with Gasteiger partial charge in [0.05, 0.1) is 16.0 Å². The van der Waals surface area contributed by atoms with Gasteiger partial charge >= 0.3 is 0 Å². The minimum Gasteiger partial charge on any atom is -0.507 e. The van der Waals surface area contributed by atoms with Crippen LogP contribution in [0.1, 0.15) is 0 Å². The van der Waals surface area contributed by atoms with Crippen LogP contribution in [-0.4, -0.2) is 43.2 Å². The Hall–Kier alpha value is -3.26. The molecule has 3 rings (SSSR count). The molecule has 0 atom stereocenters. The normalized spacial score (nSPS) is 12.5. The van der Waals surface area contributed by atoms with E-state index in [0.29, 0.717) is 11.8 Å².